The number of aromatic amines is 1. The molecule has 2 aliphatic heterocycles. The third-order valence-corrected chi connectivity index (χ3v) is 6.99. The molecule has 0 radical (unpaired) electrons. The van der Waals surface area contributed by atoms with E-state index in [9.17, 15) is 5.11 Å². The molecular weight excluding hydrogens is 477 g/mol. The van der Waals surface area contributed by atoms with Crippen LogP contribution in [0.2, 0.25) is 0 Å². The molecule has 0 bridgehead atoms. The summed E-state index contributed by atoms with van der Waals surface area (Å²) in [5.41, 5.74) is 5.18. The Morgan fingerprint density at radius 3 is 2.57 bits per heavy atom. The van der Waals surface area contributed by atoms with Gasteiger partial charge in [-0.15, -0.1) is 0 Å². The van der Waals surface area contributed by atoms with Crippen molar-refractivity contribution in [2.75, 3.05) is 33.5 Å². The maximum absolute atomic E-state index is 15.1. The van der Waals surface area contributed by atoms with Crippen LogP contribution in [0, 0.1) is 11.7 Å². The van der Waals surface area contributed by atoms with E-state index in [1.807, 2.05) is 42.5 Å². The summed E-state index contributed by atoms with van der Waals surface area (Å²) in [7, 11) is 1.62. The molecule has 2 fully saturated rings. The minimum Gasteiger partial charge on any atom is -0.475 e. The van der Waals surface area contributed by atoms with Gasteiger partial charge in [0.25, 0.3) is 0 Å². The first-order valence-electron chi connectivity index (χ1n) is 12.4. The smallest absolute Gasteiger partial charge is 0.213 e. The molecule has 6 rings (SSSR count). The Balaban J connectivity index is 1.18. The van der Waals surface area contributed by atoms with Gasteiger partial charge in [0.15, 0.2) is 5.82 Å². The van der Waals surface area contributed by atoms with Crippen molar-refractivity contribution in [2.24, 2.45) is 5.92 Å². The lowest BCUT2D eigenvalue weighted by molar-refractivity contribution is 0.0169. The number of aliphatic hydroxyl groups is 1. The number of methoxy groups -OCH3 is 1. The number of aliphatic hydroxyl groups excluding tert-OH is 1. The van der Waals surface area contributed by atoms with Gasteiger partial charge in [-0.1, -0.05) is 24.3 Å². The van der Waals surface area contributed by atoms with E-state index in [1.54, 1.807) is 13.3 Å². The van der Waals surface area contributed by atoms with Gasteiger partial charge in [0.1, 0.15) is 24.5 Å². The molecule has 1 aromatic carbocycles. The third kappa shape index (κ3) is 4.83. The summed E-state index contributed by atoms with van der Waals surface area (Å²) < 4.78 is 37.0. The Kier molecular flexibility index (Phi) is 6.60. The van der Waals surface area contributed by atoms with Gasteiger partial charge in [0, 0.05) is 48.2 Å². The number of pyridine rings is 2. The lowest BCUT2D eigenvalue weighted by atomic mass is 9.96. The average Bonchev–Trinajstić information content (AvgIpc) is 3.61. The van der Waals surface area contributed by atoms with Crippen LogP contribution in [0.3, 0.4) is 0 Å². The number of nitrogens with one attached hydrogen (secondary N) is 1. The normalized spacial score (nSPS) is 23.0. The van der Waals surface area contributed by atoms with Crippen LogP contribution in [-0.2, 0) is 20.6 Å². The van der Waals surface area contributed by atoms with Crippen molar-refractivity contribution in [1.82, 2.24) is 15.0 Å². The molecule has 2 N–H and O–H groups in total. The second-order valence-electron chi connectivity index (χ2n) is 9.48. The predicted molar refractivity (Wildman–Crippen MR) is 135 cm³/mol. The fourth-order valence-corrected chi connectivity index (χ4v) is 5.10. The highest BCUT2D eigenvalue weighted by Crippen LogP contribution is 2.34. The summed E-state index contributed by atoms with van der Waals surface area (Å²) in [6.07, 6.45) is 1.48. The van der Waals surface area contributed by atoms with Gasteiger partial charge < -0.3 is 29.0 Å². The van der Waals surface area contributed by atoms with Crippen LogP contribution in [0.1, 0.15) is 5.69 Å². The molecule has 0 amide bonds. The number of aromatic nitrogens is 3. The van der Waals surface area contributed by atoms with Crippen molar-refractivity contribution in [3.8, 4) is 28.3 Å². The van der Waals surface area contributed by atoms with Gasteiger partial charge in [-0.05, 0) is 24.1 Å². The second-order valence-corrected chi connectivity index (χ2v) is 9.48. The Morgan fingerprint density at radius 2 is 1.78 bits per heavy atom. The van der Waals surface area contributed by atoms with Gasteiger partial charge in [-0.2, -0.15) is 0 Å². The van der Waals surface area contributed by atoms with Crippen LogP contribution < -0.4 is 4.74 Å². The third-order valence-electron chi connectivity index (χ3n) is 6.99. The minimum absolute atomic E-state index is 0.116. The molecule has 0 aliphatic carbocycles. The number of H-pyrrole nitrogens is 1. The Hall–Kier alpha value is -3.37. The number of rotatable bonds is 8. The highest BCUT2D eigenvalue weighted by atomic mass is 19.1. The van der Waals surface area contributed by atoms with Crippen molar-refractivity contribution < 1.29 is 28.4 Å². The quantitative estimate of drug-likeness (QED) is 0.352. The number of nitrogens with zero attached hydrogens (tertiary/aromatic N) is 2. The molecule has 9 heteroatoms. The lowest BCUT2D eigenvalue weighted by Gasteiger charge is -2.14. The summed E-state index contributed by atoms with van der Waals surface area (Å²) in [6, 6.07) is 14.8. The topological polar surface area (TPSA) is 98.7 Å². The van der Waals surface area contributed by atoms with E-state index in [-0.39, 0.29) is 23.9 Å². The van der Waals surface area contributed by atoms with Gasteiger partial charge in [-0.3, -0.25) is 0 Å². The van der Waals surface area contributed by atoms with Crippen LogP contribution in [-0.4, -0.2) is 71.9 Å². The summed E-state index contributed by atoms with van der Waals surface area (Å²) >= 11 is 0. The fraction of sp³-hybridized carbons (Fsp3) is 0.357. The van der Waals surface area contributed by atoms with Crippen molar-refractivity contribution in [2.45, 2.75) is 24.7 Å². The zero-order chi connectivity index (χ0) is 25.4. The number of ether oxygens (including phenoxy) is 4. The highest BCUT2D eigenvalue weighted by Gasteiger charge is 2.46. The second kappa shape index (κ2) is 10.2. The molecule has 0 saturated carbocycles. The molecule has 2 aliphatic rings. The van der Waals surface area contributed by atoms with E-state index >= 15 is 4.39 Å². The minimum atomic E-state index is -0.571. The lowest BCUT2D eigenvalue weighted by Crippen LogP contribution is -2.29. The maximum atomic E-state index is 15.1. The van der Waals surface area contributed by atoms with Gasteiger partial charge in [0.05, 0.1) is 37.0 Å². The van der Waals surface area contributed by atoms with E-state index in [4.69, 9.17) is 18.9 Å². The zero-order valence-corrected chi connectivity index (χ0v) is 20.4. The van der Waals surface area contributed by atoms with Crippen LogP contribution in [0.25, 0.3) is 33.4 Å². The largest absolute Gasteiger partial charge is 0.475 e. The molecule has 8 nitrogen and oxygen atoms in total. The monoisotopic (exact) mass is 505 g/mol. The molecular formula is C28H28FN3O5. The zero-order valence-electron chi connectivity index (χ0n) is 20.4. The molecule has 2 unspecified atom stereocenters. The molecule has 37 heavy (non-hydrogen) atoms. The van der Waals surface area contributed by atoms with E-state index < -0.39 is 6.10 Å². The van der Waals surface area contributed by atoms with Gasteiger partial charge in [0.2, 0.25) is 5.88 Å². The number of hydrogen-bond acceptors (Lipinski definition) is 7. The molecule has 0 spiro atoms. The van der Waals surface area contributed by atoms with Crippen molar-refractivity contribution in [1.29, 1.82) is 0 Å². The van der Waals surface area contributed by atoms with E-state index in [1.165, 1.54) is 6.07 Å². The van der Waals surface area contributed by atoms with Crippen LogP contribution in [0.4, 0.5) is 4.39 Å². The molecule has 3 aromatic heterocycles. The van der Waals surface area contributed by atoms with E-state index in [0.29, 0.717) is 61.0 Å². The molecule has 4 aromatic rings. The standard InChI is InChI=1S/C28H28FN3O5/c1-34-8-9-35-25-7-6-18(13-30-25)16-2-4-17(5-3-16)26-21(29)12-23-22(32-26)11-20(31-23)10-19-14-36-28-24(33)15-37-27(19)28/h2-7,11-13,19,24,27-28,31,33H,8-10,14-15H2,1H3/t19?,24?,27-,28-/m1/s1. The molecule has 192 valence electrons. The van der Waals surface area contributed by atoms with E-state index in [0.717, 1.165) is 16.8 Å². The average molecular weight is 506 g/mol. The summed E-state index contributed by atoms with van der Waals surface area (Å²) in [5.74, 6) is 0.281. The first kappa shape index (κ1) is 24.0. The molecule has 5 heterocycles. The highest BCUT2D eigenvalue weighted by molar-refractivity contribution is 5.80. The SMILES string of the molecule is COCCOc1ccc(-c2ccc(-c3nc4cc(CC5CO[C@@H]6C(O)CO[C@H]56)[nH]c4cc3F)cc2)cn1. The number of hydrogen-bond donors (Lipinski definition) is 2. The first-order chi connectivity index (χ1) is 18.1. The van der Waals surface area contributed by atoms with Crippen LogP contribution >= 0.6 is 0 Å². The van der Waals surface area contributed by atoms with E-state index in [2.05, 4.69) is 15.0 Å². The number of fused-ring (bicyclic) bond motifs is 2. The summed E-state index contributed by atoms with van der Waals surface area (Å²) in [6.45, 7) is 1.78. The van der Waals surface area contributed by atoms with Crippen molar-refractivity contribution in [3.63, 3.8) is 0 Å². The van der Waals surface area contributed by atoms with Crippen molar-refractivity contribution >= 4 is 11.0 Å². The van der Waals surface area contributed by atoms with Crippen LogP contribution in [0.15, 0.2) is 54.7 Å². The predicted octanol–water partition coefficient (Wildman–Crippen LogP) is 3.77. The van der Waals surface area contributed by atoms with Crippen LogP contribution in [0.5, 0.6) is 5.88 Å². The van der Waals surface area contributed by atoms with Crippen molar-refractivity contribution in [3.05, 3.63) is 66.2 Å². The first-order valence-corrected chi connectivity index (χ1v) is 12.4. The molecule has 2 saturated heterocycles. The Labute approximate surface area is 213 Å². The maximum Gasteiger partial charge on any atom is 0.213 e. The Morgan fingerprint density at radius 1 is 1.00 bits per heavy atom. The summed E-state index contributed by atoms with van der Waals surface area (Å²) in [5, 5.41) is 9.97. The number of benzene rings is 1. The fourth-order valence-electron chi connectivity index (χ4n) is 5.10. The van der Waals surface area contributed by atoms with Gasteiger partial charge in [-0.25, -0.2) is 14.4 Å². The Bertz CT molecular complexity index is 1380. The molecule has 4 atom stereocenters. The summed E-state index contributed by atoms with van der Waals surface area (Å²) in [4.78, 5) is 12.2. The number of halogens is 1. The van der Waals surface area contributed by atoms with Gasteiger partial charge >= 0.3 is 0 Å².